The molecule has 8 nitrogen and oxygen atoms in total. The second kappa shape index (κ2) is 7.57. The number of nitrogens with zero attached hydrogens (tertiary/aromatic N) is 3. The van der Waals surface area contributed by atoms with Crippen LogP contribution in [0.1, 0.15) is 38.8 Å². The second-order valence-electron chi connectivity index (χ2n) is 6.94. The lowest BCUT2D eigenvalue weighted by atomic mass is 9.65. The highest BCUT2D eigenvalue weighted by atomic mass is 16.5. The molecule has 2 amide bonds. The van der Waals surface area contributed by atoms with Crippen LogP contribution in [0.4, 0.5) is 5.95 Å². The van der Waals surface area contributed by atoms with Gasteiger partial charge in [0.25, 0.3) is 0 Å². The average Bonchev–Trinajstić information content (AvgIpc) is 2.51. The fraction of sp³-hybridized carbons (Fsp3) is 0.625. The molecular weight excluding hydrogens is 310 g/mol. The molecule has 1 aliphatic carbocycles. The van der Waals surface area contributed by atoms with Crippen LogP contribution in [0.2, 0.25) is 0 Å². The molecule has 3 atom stereocenters. The molecule has 0 bridgehead atoms. The zero-order valence-electron chi connectivity index (χ0n) is 14.3. The van der Waals surface area contributed by atoms with Crippen molar-refractivity contribution < 1.29 is 14.8 Å². The molecule has 1 aromatic rings. The topological polar surface area (TPSA) is 107 Å². The Bertz CT molecular complexity index is 585. The van der Waals surface area contributed by atoms with E-state index in [0.717, 1.165) is 12.1 Å². The van der Waals surface area contributed by atoms with Crippen molar-refractivity contribution in [2.45, 2.75) is 40.0 Å². The smallest absolute Gasteiger partial charge is 0.246 e. The summed E-state index contributed by atoms with van der Waals surface area (Å²) < 4.78 is 0. The van der Waals surface area contributed by atoms with Crippen LogP contribution < -0.4 is 10.9 Å². The molecule has 0 aromatic carbocycles. The molecule has 1 fully saturated rings. The summed E-state index contributed by atoms with van der Waals surface area (Å²) in [5.41, 5.74) is 5.29. The summed E-state index contributed by atoms with van der Waals surface area (Å²) in [4.78, 5) is 31.9. The minimum atomic E-state index is -0.844. The van der Waals surface area contributed by atoms with Crippen molar-refractivity contribution in [3.05, 3.63) is 18.0 Å². The number of carbonyl (C=O) groups is 2. The van der Waals surface area contributed by atoms with E-state index >= 15 is 0 Å². The fourth-order valence-corrected chi connectivity index (χ4v) is 3.76. The van der Waals surface area contributed by atoms with Gasteiger partial charge in [-0.15, -0.1) is 0 Å². The number of amides is 2. The minimum Gasteiger partial charge on any atom is -0.286 e. The van der Waals surface area contributed by atoms with Crippen LogP contribution in [-0.2, 0) is 9.59 Å². The summed E-state index contributed by atoms with van der Waals surface area (Å²) in [5, 5.41) is 10.2. The molecule has 3 N–H and O–H groups in total. The van der Waals surface area contributed by atoms with Gasteiger partial charge in [0.05, 0.1) is 12.0 Å². The minimum absolute atomic E-state index is 0.0344. The summed E-state index contributed by atoms with van der Waals surface area (Å²) in [6, 6.07) is 1.76. The predicted octanol–water partition coefficient (Wildman–Crippen LogP) is 1.52. The third-order valence-corrected chi connectivity index (χ3v) is 4.43. The van der Waals surface area contributed by atoms with Crippen LogP contribution in [0.3, 0.4) is 0 Å². The quantitative estimate of drug-likeness (QED) is 0.413. The fourth-order valence-electron chi connectivity index (χ4n) is 3.76. The van der Waals surface area contributed by atoms with Crippen LogP contribution in [-0.4, -0.2) is 39.1 Å². The van der Waals surface area contributed by atoms with Gasteiger partial charge in [0, 0.05) is 11.9 Å². The lowest BCUT2D eigenvalue weighted by Gasteiger charge is -2.42. The van der Waals surface area contributed by atoms with E-state index in [-0.39, 0.29) is 12.5 Å². The predicted molar refractivity (Wildman–Crippen MR) is 87.7 cm³/mol. The molecule has 1 unspecified atom stereocenters. The lowest BCUT2D eigenvalue weighted by Crippen LogP contribution is -2.52. The van der Waals surface area contributed by atoms with Crippen LogP contribution in [0.15, 0.2) is 12.3 Å². The molecule has 24 heavy (non-hydrogen) atoms. The van der Waals surface area contributed by atoms with Gasteiger partial charge in [-0.25, -0.2) is 15.0 Å². The van der Waals surface area contributed by atoms with E-state index < -0.39 is 5.41 Å². The molecular formula is C16H25N5O3. The molecule has 8 heteroatoms. The van der Waals surface area contributed by atoms with E-state index in [1.165, 1.54) is 0 Å². The summed E-state index contributed by atoms with van der Waals surface area (Å²) >= 11 is 0. The number of hydrogen-bond donors (Lipinski definition) is 3. The van der Waals surface area contributed by atoms with Gasteiger partial charge in [0.2, 0.25) is 18.3 Å². The van der Waals surface area contributed by atoms with Gasteiger partial charge < -0.3 is 0 Å². The van der Waals surface area contributed by atoms with E-state index in [1.807, 2.05) is 6.92 Å². The molecule has 0 aliphatic heterocycles. The first-order valence-electron chi connectivity index (χ1n) is 8.11. The van der Waals surface area contributed by atoms with Gasteiger partial charge in [0.15, 0.2) is 0 Å². The third-order valence-electron chi connectivity index (χ3n) is 4.43. The first-order chi connectivity index (χ1) is 11.3. The van der Waals surface area contributed by atoms with E-state index in [0.29, 0.717) is 42.1 Å². The van der Waals surface area contributed by atoms with Gasteiger partial charge in [-0.1, -0.05) is 13.8 Å². The molecule has 0 spiro atoms. The van der Waals surface area contributed by atoms with Gasteiger partial charge in [-0.05, 0) is 44.1 Å². The third kappa shape index (κ3) is 4.41. The van der Waals surface area contributed by atoms with Crippen molar-refractivity contribution in [3.8, 4) is 0 Å². The van der Waals surface area contributed by atoms with Crippen molar-refractivity contribution in [1.29, 1.82) is 0 Å². The Hall–Kier alpha value is -2.22. The molecule has 132 valence electrons. The average molecular weight is 335 g/mol. The highest BCUT2D eigenvalue weighted by Gasteiger charge is 2.45. The number of hydroxylamine groups is 2. The molecule has 1 aromatic heterocycles. The van der Waals surface area contributed by atoms with Crippen molar-refractivity contribution in [1.82, 2.24) is 20.5 Å². The van der Waals surface area contributed by atoms with E-state index in [4.69, 9.17) is 0 Å². The van der Waals surface area contributed by atoms with E-state index in [2.05, 4.69) is 34.7 Å². The number of aromatic nitrogens is 2. The number of hydrogen-bond acceptors (Lipinski definition) is 6. The highest BCUT2D eigenvalue weighted by Crippen LogP contribution is 2.42. The molecule has 0 radical (unpaired) electrons. The molecule has 2 rings (SSSR count). The lowest BCUT2D eigenvalue weighted by molar-refractivity contribution is -0.165. The monoisotopic (exact) mass is 335 g/mol. The Labute approximate surface area is 141 Å². The molecule has 1 aliphatic rings. The molecule has 0 saturated heterocycles. The standard InChI is InChI=1S/C16H25N5O3/c1-11-6-12(2)8-16(7-11,9-21(24)10-22)14(23)19-20-15-17-5-4-13(3)18-15/h4-5,10-12,24H,6-9H2,1-3H3,(H,19,23)(H,17,18,20)/t11-,12+,16?. The van der Waals surface area contributed by atoms with E-state index in [9.17, 15) is 14.8 Å². The zero-order chi connectivity index (χ0) is 17.7. The van der Waals surface area contributed by atoms with Crippen LogP contribution in [0, 0.1) is 24.2 Å². The summed E-state index contributed by atoms with van der Waals surface area (Å²) in [6.45, 7) is 5.95. The summed E-state index contributed by atoms with van der Waals surface area (Å²) in [5.74, 6) is 0.683. The maximum absolute atomic E-state index is 12.8. The molecule has 1 saturated carbocycles. The Balaban J connectivity index is 2.13. The van der Waals surface area contributed by atoms with Crippen LogP contribution in [0.25, 0.3) is 0 Å². The van der Waals surface area contributed by atoms with Crippen molar-refractivity contribution in [2.24, 2.45) is 17.3 Å². The Morgan fingerprint density at radius 2 is 2.12 bits per heavy atom. The van der Waals surface area contributed by atoms with E-state index in [1.54, 1.807) is 12.3 Å². The first kappa shape index (κ1) is 18.1. The number of anilines is 1. The SMILES string of the molecule is Cc1ccnc(NNC(=O)C2(CN(O)C=O)C[C@H](C)C[C@H](C)C2)n1. The number of rotatable bonds is 6. The Morgan fingerprint density at radius 1 is 1.46 bits per heavy atom. The van der Waals surface area contributed by atoms with Crippen molar-refractivity contribution in [2.75, 3.05) is 12.0 Å². The zero-order valence-corrected chi connectivity index (χ0v) is 14.3. The van der Waals surface area contributed by atoms with Crippen molar-refractivity contribution in [3.63, 3.8) is 0 Å². The number of nitrogens with one attached hydrogen (secondary N) is 2. The summed E-state index contributed by atoms with van der Waals surface area (Å²) in [6.07, 6.45) is 4.15. The number of hydrazine groups is 1. The van der Waals surface area contributed by atoms with Gasteiger partial charge in [0.1, 0.15) is 0 Å². The Kier molecular flexibility index (Phi) is 5.71. The largest absolute Gasteiger partial charge is 0.286 e. The Morgan fingerprint density at radius 3 is 2.71 bits per heavy atom. The van der Waals surface area contributed by atoms with Gasteiger partial charge in [-0.3, -0.25) is 25.6 Å². The molecule has 1 heterocycles. The summed E-state index contributed by atoms with van der Waals surface area (Å²) in [7, 11) is 0. The second-order valence-corrected chi connectivity index (χ2v) is 6.94. The highest BCUT2D eigenvalue weighted by molar-refractivity contribution is 5.84. The van der Waals surface area contributed by atoms with Crippen LogP contribution >= 0.6 is 0 Å². The number of carbonyl (C=O) groups excluding carboxylic acids is 2. The maximum atomic E-state index is 12.8. The normalized spacial score (nSPS) is 26.5. The first-order valence-corrected chi connectivity index (χ1v) is 8.11. The van der Waals surface area contributed by atoms with Crippen LogP contribution in [0.5, 0.6) is 0 Å². The number of aryl methyl sites for hydroxylation is 1. The van der Waals surface area contributed by atoms with Gasteiger partial charge in [-0.2, -0.15) is 0 Å². The van der Waals surface area contributed by atoms with Crippen molar-refractivity contribution >= 4 is 18.3 Å². The maximum Gasteiger partial charge on any atom is 0.246 e. The van der Waals surface area contributed by atoms with Gasteiger partial charge >= 0.3 is 0 Å².